The van der Waals surface area contributed by atoms with Crippen LogP contribution in [0.3, 0.4) is 0 Å². The van der Waals surface area contributed by atoms with Crippen molar-refractivity contribution in [2.45, 2.75) is 24.7 Å². The first-order valence-corrected chi connectivity index (χ1v) is 8.77. The summed E-state index contributed by atoms with van der Waals surface area (Å²) in [6, 6.07) is 10.4. The first-order valence-electron chi connectivity index (χ1n) is 8.77. The van der Waals surface area contributed by atoms with E-state index in [1.807, 2.05) is 6.07 Å². The lowest BCUT2D eigenvalue weighted by Gasteiger charge is -2.33. The molecule has 0 amide bonds. The van der Waals surface area contributed by atoms with E-state index in [9.17, 15) is 15.2 Å². The van der Waals surface area contributed by atoms with Crippen molar-refractivity contribution in [3.63, 3.8) is 0 Å². The molecule has 3 N–H and O–H groups in total. The number of hydrogen-bond acceptors (Lipinski definition) is 7. The third kappa shape index (κ3) is 2.79. The fourth-order valence-electron chi connectivity index (χ4n) is 3.85. The van der Waals surface area contributed by atoms with E-state index in [4.69, 9.17) is 19.6 Å². The molecule has 28 heavy (non-hydrogen) atoms. The lowest BCUT2D eigenvalue weighted by Crippen LogP contribution is -2.29. The fourth-order valence-corrected chi connectivity index (χ4v) is 3.85. The number of methoxy groups -OCH3 is 1. The number of carbonyl (C=O) groups is 1. The Labute approximate surface area is 161 Å². The third-order valence-corrected chi connectivity index (χ3v) is 5.14. The molecule has 0 unspecified atom stereocenters. The van der Waals surface area contributed by atoms with E-state index in [0.29, 0.717) is 34.8 Å². The summed E-state index contributed by atoms with van der Waals surface area (Å²) in [5.74, 6) is 0.343. The van der Waals surface area contributed by atoms with Gasteiger partial charge in [-0.1, -0.05) is 6.07 Å². The van der Waals surface area contributed by atoms with E-state index >= 15 is 0 Å². The van der Waals surface area contributed by atoms with Crippen molar-refractivity contribution in [3.8, 4) is 17.6 Å². The summed E-state index contributed by atoms with van der Waals surface area (Å²) < 4.78 is 16.2. The Morgan fingerprint density at radius 3 is 2.79 bits per heavy atom. The predicted molar refractivity (Wildman–Crippen MR) is 98.0 cm³/mol. The summed E-state index contributed by atoms with van der Waals surface area (Å²) in [6.45, 7) is 0. The van der Waals surface area contributed by atoms with Gasteiger partial charge in [-0.2, -0.15) is 5.26 Å². The van der Waals surface area contributed by atoms with Crippen molar-refractivity contribution in [1.82, 2.24) is 0 Å². The van der Waals surface area contributed by atoms with Crippen molar-refractivity contribution in [2.75, 3.05) is 7.11 Å². The molecule has 0 fully saturated rings. The highest BCUT2D eigenvalue weighted by Gasteiger charge is 2.41. The number of benzene rings is 1. The van der Waals surface area contributed by atoms with Gasteiger partial charge in [0.1, 0.15) is 23.2 Å². The molecule has 0 bridgehead atoms. The van der Waals surface area contributed by atoms with Gasteiger partial charge >= 0.3 is 0 Å². The molecule has 1 aromatic carbocycles. The summed E-state index contributed by atoms with van der Waals surface area (Å²) >= 11 is 0. The van der Waals surface area contributed by atoms with Gasteiger partial charge in [0, 0.05) is 24.3 Å². The number of furan rings is 1. The van der Waals surface area contributed by atoms with Gasteiger partial charge in [-0.15, -0.1) is 0 Å². The predicted octanol–water partition coefficient (Wildman–Crippen LogP) is 3.20. The lowest BCUT2D eigenvalue weighted by molar-refractivity contribution is -0.117. The van der Waals surface area contributed by atoms with Crippen molar-refractivity contribution in [3.05, 3.63) is 70.7 Å². The molecule has 0 saturated heterocycles. The van der Waals surface area contributed by atoms with Crippen LogP contribution in [0.1, 0.15) is 36.0 Å². The van der Waals surface area contributed by atoms with E-state index in [1.165, 1.54) is 13.2 Å². The zero-order valence-electron chi connectivity index (χ0n) is 15.1. The van der Waals surface area contributed by atoms with Gasteiger partial charge in [-0.25, -0.2) is 0 Å². The molecular weight excluding hydrogens is 360 g/mol. The molecule has 7 nitrogen and oxygen atoms in total. The minimum Gasteiger partial charge on any atom is -0.504 e. The second-order valence-electron chi connectivity index (χ2n) is 6.74. The van der Waals surface area contributed by atoms with Gasteiger partial charge < -0.3 is 24.7 Å². The van der Waals surface area contributed by atoms with Gasteiger partial charge in [0.25, 0.3) is 0 Å². The van der Waals surface area contributed by atoms with E-state index in [-0.39, 0.29) is 35.3 Å². The molecule has 142 valence electrons. The maximum absolute atomic E-state index is 13.1. The Bertz CT molecular complexity index is 1040. The molecule has 1 aliphatic carbocycles. The highest BCUT2D eigenvalue weighted by atomic mass is 16.5. The Morgan fingerprint density at radius 2 is 2.14 bits per heavy atom. The third-order valence-electron chi connectivity index (χ3n) is 5.14. The minimum absolute atomic E-state index is 0.0329. The van der Waals surface area contributed by atoms with E-state index in [2.05, 4.69) is 6.07 Å². The van der Waals surface area contributed by atoms with E-state index in [1.54, 1.807) is 24.5 Å². The molecular formula is C21H18N2O5. The van der Waals surface area contributed by atoms with Crippen LogP contribution in [-0.2, 0) is 9.53 Å². The van der Waals surface area contributed by atoms with Crippen molar-refractivity contribution < 1.29 is 23.8 Å². The topological polar surface area (TPSA) is 119 Å². The number of phenols is 1. The molecule has 4 rings (SSSR count). The molecule has 0 spiro atoms. The normalized spacial score (nSPS) is 21.8. The van der Waals surface area contributed by atoms with Crippen molar-refractivity contribution in [1.29, 1.82) is 5.26 Å². The number of phenolic OH excluding ortho intramolecular Hbond substituents is 1. The quantitative estimate of drug-likeness (QED) is 0.842. The van der Waals surface area contributed by atoms with Crippen LogP contribution < -0.4 is 10.5 Å². The monoisotopic (exact) mass is 378 g/mol. The number of ether oxygens (including phenoxy) is 2. The van der Waals surface area contributed by atoms with Crippen LogP contribution in [0.5, 0.6) is 11.5 Å². The summed E-state index contributed by atoms with van der Waals surface area (Å²) in [7, 11) is 1.45. The van der Waals surface area contributed by atoms with Crippen molar-refractivity contribution >= 4 is 5.78 Å². The summed E-state index contributed by atoms with van der Waals surface area (Å²) in [6.07, 6.45) is 2.25. The molecule has 1 aliphatic heterocycles. The molecule has 2 aliphatic rings. The Balaban J connectivity index is 1.81. The Hall–Kier alpha value is -3.66. The van der Waals surface area contributed by atoms with Gasteiger partial charge in [0.2, 0.25) is 5.88 Å². The van der Waals surface area contributed by atoms with Gasteiger partial charge in [0.15, 0.2) is 17.3 Å². The number of Topliss-reactive ketones (excluding diaryl/α,β-unsaturated/α-hetero) is 1. The highest BCUT2D eigenvalue weighted by Crippen LogP contribution is 2.47. The number of nitriles is 1. The highest BCUT2D eigenvalue weighted by molar-refractivity contribution is 6.00. The number of aromatic hydroxyl groups is 1. The molecule has 2 atom stereocenters. The standard InChI is InChI=1S/C21H18N2O5/c1-26-17-5-4-11(7-14(17)24)19-13(10-22)21(23)28-18-9-12(8-15(25)20(18)19)16-3-2-6-27-16/h2-7,12,19,24H,8-9,23H2,1H3/t12-,19-/m0/s1. The first-order chi connectivity index (χ1) is 13.5. The minimum atomic E-state index is -0.699. The molecule has 7 heteroatoms. The maximum Gasteiger partial charge on any atom is 0.205 e. The van der Waals surface area contributed by atoms with Crippen LogP contribution >= 0.6 is 0 Å². The molecule has 1 aromatic heterocycles. The van der Waals surface area contributed by atoms with Crippen LogP contribution in [0.4, 0.5) is 0 Å². The van der Waals surface area contributed by atoms with E-state index in [0.717, 1.165) is 0 Å². The largest absolute Gasteiger partial charge is 0.504 e. The second-order valence-corrected chi connectivity index (χ2v) is 6.74. The second kappa shape index (κ2) is 6.82. The number of nitrogens with two attached hydrogens (primary N) is 1. The maximum atomic E-state index is 13.1. The van der Waals surface area contributed by atoms with Crippen LogP contribution in [0.2, 0.25) is 0 Å². The number of allylic oxidation sites excluding steroid dienone is 3. The average Bonchev–Trinajstić information content (AvgIpc) is 3.21. The van der Waals surface area contributed by atoms with Gasteiger partial charge in [-0.3, -0.25) is 4.79 Å². The number of rotatable bonds is 3. The van der Waals surface area contributed by atoms with Gasteiger partial charge in [-0.05, 0) is 29.8 Å². The van der Waals surface area contributed by atoms with E-state index < -0.39 is 5.92 Å². The lowest BCUT2D eigenvalue weighted by atomic mass is 9.74. The molecule has 2 aromatic rings. The van der Waals surface area contributed by atoms with Crippen LogP contribution in [-0.4, -0.2) is 18.0 Å². The van der Waals surface area contributed by atoms with Crippen LogP contribution in [0, 0.1) is 11.3 Å². The number of ketones is 1. The average molecular weight is 378 g/mol. The summed E-state index contributed by atoms with van der Waals surface area (Å²) in [4.78, 5) is 13.1. The molecule has 0 radical (unpaired) electrons. The summed E-state index contributed by atoms with van der Waals surface area (Å²) in [5.41, 5.74) is 7.12. The first kappa shape index (κ1) is 17.7. The van der Waals surface area contributed by atoms with Crippen molar-refractivity contribution in [2.24, 2.45) is 5.73 Å². The zero-order chi connectivity index (χ0) is 19.8. The van der Waals surface area contributed by atoms with Crippen LogP contribution in [0.15, 0.2) is 63.8 Å². The fraction of sp³-hybridized carbons (Fsp3) is 0.238. The number of hydrogen-bond donors (Lipinski definition) is 2. The zero-order valence-corrected chi connectivity index (χ0v) is 15.1. The summed E-state index contributed by atoms with van der Waals surface area (Å²) in [5, 5.41) is 19.8. The Kier molecular flexibility index (Phi) is 4.32. The Morgan fingerprint density at radius 1 is 1.32 bits per heavy atom. The molecule has 0 saturated carbocycles. The van der Waals surface area contributed by atoms with Gasteiger partial charge in [0.05, 0.1) is 19.3 Å². The SMILES string of the molecule is COc1ccc([C@H]2C(C#N)=C(N)OC3=C2C(=O)C[C@H](c2ccco2)C3)cc1O. The number of nitrogens with zero attached hydrogens (tertiary/aromatic N) is 1. The molecule has 2 heterocycles. The number of carbonyl (C=O) groups excluding carboxylic acids is 1. The van der Waals surface area contributed by atoms with Crippen LogP contribution in [0.25, 0.3) is 0 Å². The smallest absolute Gasteiger partial charge is 0.205 e.